The van der Waals surface area contributed by atoms with Crippen LogP contribution in [0.4, 0.5) is 5.69 Å². The van der Waals surface area contributed by atoms with E-state index in [9.17, 15) is 9.59 Å². The van der Waals surface area contributed by atoms with E-state index in [1.54, 1.807) is 16.7 Å². The van der Waals surface area contributed by atoms with E-state index in [1.807, 2.05) is 54.8 Å². The molecule has 1 aliphatic heterocycles. The number of nitrogens with zero attached hydrogens (tertiary/aromatic N) is 1. The summed E-state index contributed by atoms with van der Waals surface area (Å²) in [7, 11) is 0. The van der Waals surface area contributed by atoms with Crippen LogP contribution in [0.2, 0.25) is 0 Å². The number of thioether (sulfide) groups is 1. The predicted octanol–water partition coefficient (Wildman–Crippen LogP) is 4.42. The smallest absolute Gasteiger partial charge is 0.255 e. The highest BCUT2D eigenvalue weighted by atomic mass is 32.2. The minimum absolute atomic E-state index is 0.0562. The molecule has 0 saturated heterocycles. The van der Waals surface area contributed by atoms with Gasteiger partial charge in [0, 0.05) is 22.7 Å². The number of rotatable bonds is 6. The van der Waals surface area contributed by atoms with Crippen LogP contribution < -0.4 is 5.32 Å². The van der Waals surface area contributed by atoms with Gasteiger partial charge in [-0.3, -0.25) is 9.59 Å². The van der Waals surface area contributed by atoms with E-state index < -0.39 is 6.04 Å². The van der Waals surface area contributed by atoms with E-state index in [2.05, 4.69) is 19.2 Å². The first-order valence-electron chi connectivity index (χ1n) is 8.83. The highest BCUT2D eigenvalue weighted by Gasteiger charge is 2.36. The zero-order valence-electron chi connectivity index (χ0n) is 15.4. The maximum atomic E-state index is 13.0. The maximum absolute atomic E-state index is 13.0. The molecule has 1 aliphatic rings. The van der Waals surface area contributed by atoms with E-state index >= 15 is 0 Å². The summed E-state index contributed by atoms with van der Waals surface area (Å²) in [6, 6.07) is 14.9. The van der Waals surface area contributed by atoms with Gasteiger partial charge in [0.2, 0.25) is 5.91 Å². The van der Waals surface area contributed by atoms with Gasteiger partial charge in [-0.1, -0.05) is 38.1 Å². The molecule has 2 aromatic rings. The second-order valence-corrected chi connectivity index (χ2v) is 7.84. The molecule has 0 fully saturated rings. The summed E-state index contributed by atoms with van der Waals surface area (Å²) in [6.45, 7) is 4.63. The van der Waals surface area contributed by atoms with Crippen molar-refractivity contribution in [3.8, 4) is 0 Å². The highest BCUT2D eigenvalue weighted by molar-refractivity contribution is 7.98. The van der Waals surface area contributed by atoms with Crippen LogP contribution in [-0.4, -0.2) is 29.0 Å². The Morgan fingerprint density at radius 2 is 1.96 bits per heavy atom. The Balaban J connectivity index is 1.82. The number of carbonyl (C=O) groups is 2. The summed E-state index contributed by atoms with van der Waals surface area (Å²) in [5.74, 6) is 0.122. The van der Waals surface area contributed by atoms with Gasteiger partial charge >= 0.3 is 0 Å². The van der Waals surface area contributed by atoms with Crippen LogP contribution in [0.3, 0.4) is 0 Å². The second kappa shape index (κ2) is 7.96. The maximum Gasteiger partial charge on any atom is 0.255 e. The van der Waals surface area contributed by atoms with E-state index in [1.165, 1.54) is 0 Å². The van der Waals surface area contributed by atoms with Crippen molar-refractivity contribution in [2.45, 2.75) is 37.8 Å². The van der Waals surface area contributed by atoms with Gasteiger partial charge in [-0.05, 0) is 48.4 Å². The van der Waals surface area contributed by atoms with Gasteiger partial charge in [0.05, 0.1) is 0 Å². The number of anilines is 1. The fourth-order valence-corrected chi connectivity index (χ4v) is 3.74. The van der Waals surface area contributed by atoms with Crippen molar-refractivity contribution in [2.75, 3.05) is 11.6 Å². The molecule has 5 heteroatoms. The van der Waals surface area contributed by atoms with Crippen molar-refractivity contribution < 1.29 is 9.59 Å². The summed E-state index contributed by atoms with van der Waals surface area (Å²) >= 11 is 1.63. The third-order valence-corrected chi connectivity index (χ3v) is 5.29. The lowest BCUT2D eigenvalue weighted by Crippen LogP contribution is -2.45. The minimum atomic E-state index is -0.479. The number of hydrogen-bond donors (Lipinski definition) is 1. The molecular weight excluding hydrogens is 344 g/mol. The lowest BCUT2D eigenvalue weighted by Gasteiger charge is -2.28. The molecule has 1 heterocycles. The number of fused-ring (bicyclic) bond motifs is 1. The van der Waals surface area contributed by atoms with Crippen LogP contribution in [0.5, 0.6) is 0 Å². The largest absolute Gasteiger partial charge is 0.324 e. The summed E-state index contributed by atoms with van der Waals surface area (Å²) in [6.07, 6.45) is 2.64. The highest BCUT2D eigenvalue weighted by Crippen LogP contribution is 2.28. The first-order chi connectivity index (χ1) is 12.5. The van der Waals surface area contributed by atoms with Crippen molar-refractivity contribution >= 4 is 29.3 Å². The molecule has 0 saturated carbocycles. The quantitative estimate of drug-likeness (QED) is 0.768. The summed E-state index contributed by atoms with van der Waals surface area (Å²) < 4.78 is 0. The molecule has 0 aromatic heterocycles. The number of amides is 2. The van der Waals surface area contributed by atoms with Crippen LogP contribution >= 0.6 is 11.8 Å². The number of nitrogens with one attached hydrogen (secondary N) is 1. The normalized spacial score (nSPS) is 14.5. The van der Waals surface area contributed by atoms with Crippen molar-refractivity contribution in [2.24, 2.45) is 5.92 Å². The van der Waals surface area contributed by atoms with Gasteiger partial charge in [0.15, 0.2) is 0 Å². The van der Waals surface area contributed by atoms with Gasteiger partial charge in [0.1, 0.15) is 6.04 Å². The van der Waals surface area contributed by atoms with E-state index in [4.69, 9.17) is 0 Å². The Morgan fingerprint density at radius 3 is 2.65 bits per heavy atom. The van der Waals surface area contributed by atoms with Crippen LogP contribution in [0.25, 0.3) is 0 Å². The number of benzene rings is 2. The molecule has 1 N–H and O–H groups in total. The first-order valence-corrected chi connectivity index (χ1v) is 10.1. The molecular formula is C21H24N2O2S. The summed E-state index contributed by atoms with van der Waals surface area (Å²) in [5.41, 5.74) is 2.46. The van der Waals surface area contributed by atoms with Crippen molar-refractivity contribution in [3.63, 3.8) is 0 Å². The van der Waals surface area contributed by atoms with E-state index in [0.717, 1.165) is 16.1 Å². The van der Waals surface area contributed by atoms with Gasteiger partial charge < -0.3 is 10.2 Å². The molecule has 1 atom stereocenters. The minimum Gasteiger partial charge on any atom is -0.324 e. The Labute approximate surface area is 159 Å². The Morgan fingerprint density at radius 1 is 1.19 bits per heavy atom. The molecule has 0 unspecified atom stereocenters. The molecule has 0 radical (unpaired) electrons. The van der Waals surface area contributed by atoms with Gasteiger partial charge in [-0.15, -0.1) is 11.8 Å². The summed E-state index contributed by atoms with van der Waals surface area (Å²) in [5, 5.41) is 3.00. The van der Waals surface area contributed by atoms with Crippen LogP contribution in [0.15, 0.2) is 53.4 Å². The zero-order valence-corrected chi connectivity index (χ0v) is 16.2. The lowest BCUT2D eigenvalue weighted by molar-refractivity contribution is -0.121. The third kappa shape index (κ3) is 3.93. The molecule has 2 aromatic carbocycles. The fraction of sp³-hybridized carbons (Fsp3) is 0.333. The monoisotopic (exact) mass is 368 g/mol. The average Bonchev–Trinajstić information content (AvgIpc) is 2.96. The number of hydrogen-bond acceptors (Lipinski definition) is 3. The standard InChI is InChI=1S/C21H24N2O2S/c1-14(2)11-19(20(24)22-16-8-6-9-17(12-16)26-3)23-13-15-7-4-5-10-18(15)21(23)25/h4-10,12,14,19H,11,13H2,1-3H3,(H,22,24)/t19-/m0/s1. The topological polar surface area (TPSA) is 49.4 Å². The molecule has 0 bridgehead atoms. The van der Waals surface area contributed by atoms with Crippen molar-refractivity contribution in [1.82, 2.24) is 4.90 Å². The van der Waals surface area contributed by atoms with Crippen molar-refractivity contribution in [3.05, 3.63) is 59.7 Å². The molecule has 26 heavy (non-hydrogen) atoms. The fourth-order valence-electron chi connectivity index (χ4n) is 3.28. The van der Waals surface area contributed by atoms with Crippen LogP contribution in [-0.2, 0) is 11.3 Å². The summed E-state index contributed by atoms with van der Waals surface area (Å²) in [4.78, 5) is 28.6. The molecule has 4 nitrogen and oxygen atoms in total. The van der Waals surface area contributed by atoms with E-state index in [-0.39, 0.29) is 11.8 Å². The van der Waals surface area contributed by atoms with Gasteiger partial charge in [-0.25, -0.2) is 0 Å². The third-order valence-electron chi connectivity index (χ3n) is 4.56. The van der Waals surface area contributed by atoms with Crippen LogP contribution in [0, 0.1) is 5.92 Å². The predicted molar refractivity (Wildman–Crippen MR) is 106 cm³/mol. The second-order valence-electron chi connectivity index (χ2n) is 6.96. The van der Waals surface area contributed by atoms with Crippen LogP contribution in [0.1, 0.15) is 36.2 Å². The number of carbonyl (C=O) groups excluding carboxylic acids is 2. The molecule has 0 spiro atoms. The molecule has 2 amide bonds. The van der Waals surface area contributed by atoms with Gasteiger partial charge in [-0.2, -0.15) is 0 Å². The Hall–Kier alpha value is -2.27. The van der Waals surface area contributed by atoms with Crippen molar-refractivity contribution in [1.29, 1.82) is 0 Å². The lowest BCUT2D eigenvalue weighted by atomic mass is 10.0. The SMILES string of the molecule is CSc1cccc(NC(=O)[C@H](CC(C)C)N2Cc3ccccc3C2=O)c1. The van der Waals surface area contributed by atoms with Gasteiger partial charge in [0.25, 0.3) is 5.91 Å². The molecule has 136 valence electrons. The zero-order chi connectivity index (χ0) is 18.7. The first kappa shape index (κ1) is 18.5. The molecule has 0 aliphatic carbocycles. The Bertz CT molecular complexity index is 819. The average molecular weight is 369 g/mol. The Kier molecular flexibility index (Phi) is 5.67. The van der Waals surface area contributed by atoms with E-state index in [0.29, 0.717) is 24.4 Å². The molecule has 3 rings (SSSR count).